The van der Waals surface area contributed by atoms with Crippen LogP contribution in [0.4, 0.5) is 16.2 Å². The summed E-state index contributed by atoms with van der Waals surface area (Å²) in [6.45, 7) is 1.70. The molecule has 0 bridgehead atoms. The van der Waals surface area contributed by atoms with E-state index in [1.807, 2.05) is 6.07 Å². The molecule has 0 saturated heterocycles. The first kappa shape index (κ1) is 16.0. The maximum atomic E-state index is 12.1. The van der Waals surface area contributed by atoms with Crippen molar-refractivity contribution in [2.75, 3.05) is 5.32 Å². The van der Waals surface area contributed by atoms with Crippen LogP contribution < -0.4 is 10.1 Å². The van der Waals surface area contributed by atoms with Crippen molar-refractivity contribution in [3.8, 4) is 11.8 Å². The maximum absolute atomic E-state index is 12.1. The first-order valence-corrected chi connectivity index (χ1v) is 7.23. The van der Waals surface area contributed by atoms with Crippen LogP contribution in [0.25, 0.3) is 10.9 Å². The smallest absolute Gasteiger partial charge is 0.408 e. The lowest BCUT2D eigenvalue weighted by atomic mass is 10.2. The number of amides is 1. The fourth-order valence-corrected chi connectivity index (χ4v) is 2.40. The molecule has 3 aromatic rings. The molecule has 0 spiro atoms. The molecule has 8 heteroatoms. The molecule has 2 N–H and O–H groups in total. The van der Waals surface area contributed by atoms with Crippen LogP contribution in [0, 0.1) is 28.4 Å². The second-order valence-corrected chi connectivity index (χ2v) is 5.27. The molecular weight excluding hydrogens is 324 g/mol. The highest BCUT2D eigenvalue weighted by molar-refractivity contribution is 5.94. The summed E-state index contributed by atoms with van der Waals surface area (Å²) in [7, 11) is 0. The van der Waals surface area contributed by atoms with Gasteiger partial charge in [0.25, 0.3) is 5.69 Å². The van der Waals surface area contributed by atoms with Crippen molar-refractivity contribution in [1.82, 2.24) is 4.98 Å². The molecule has 1 aromatic heterocycles. The summed E-state index contributed by atoms with van der Waals surface area (Å²) in [5.74, 6) is 0.227. The predicted octanol–water partition coefficient (Wildman–Crippen LogP) is 3.87. The van der Waals surface area contributed by atoms with Gasteiger partial charge in [0.05, 0.1) is 22.2 Å². The Morgan fingerprint density at radius 2 is 2.00 bits per heavy atom. The van der Waals surface area contributed by atoms with Gasteiger partial charge in [0.15, 0.2) is 5.75 Å². The number of carbonyl (C=O) groups excluding carboxylic acids is 1. The van der Waals surface area contributed by atoms with Gasteiger partial charge in [0.1, 0.15) is 0 Å². The molecular formula is C17H12N4O4. The summed E-state index contributed by atoms with van der Waals surface area (Å²) in [5.41, 5.74) is 2.05. The molecule has 1 amide bonds. The van der Waals surface area contributed by atoms with Crippen LogP contribution in [0.1, 0.15) is 11.3 Å². The number of non-ortho nitro benzene ring substituents is 1. The molecule has 2 aromatic carbocycles. The average Bonchev–Trinajstić information content (AvgIpc) is 2.90. The number of fused-ring (bicyclic) bond motifs is 1. The molecule has 0 aliphatic rings. The summed E-state index contributed by atoms with van der Waals surface area (Å²) in [4.78, 5) is 25.5. The Hall–Kier alpha value is -3.86. The average molecular weight is 336 g/mol. The Balaban J connectivity index is 1.84. The highest BCUT2D eigenvalue weighted by atomic mass is 16.6. The molecule has 0 radical (unpaired) electrons. The number of nitrogens with zero attached hydrogens (tertiary/aromatic N) is 2. The quantitative estimate of drug-likeness (QED) is 0.555. The molecule has 0 atom stereocenters. The minimum Gasteiger partial charge on any atom is -0.408 e. The van der Waals surface area contributed by atoms with E-state index >= 15 is 0 Å². The Labute approximate surface area is 141 Å². The molecule has 124 valence electrons. The summed E-state index contributed by atoms with van der Waals surface area (Å²) in [6, 6.07) is 12.6. The van der Waals surface area contributed by atoms with Gasteiger partial charge in [-0.15, -0.1) is 0 Å². The minimum atomic E-state index is -0.736. The van der Waals surface area contributed by atoms with Crippen LogP contribution in [0.3, 0.4) is 0 Å². The molecule has 0 fully saturated rings. The number of hydrogen-bond donors (Lipinski definition) is 2. The van der Waals surface area contributed by atoms with Gasteiger partial charge in [-0.2, -0.15) is 5.26 Å². The third-order valence-electron chi connectivity index (χ3n) is 3.58. The normalized spacial score (nSPS) is 10.2. The van der Waals surface area contributed by atoms with E-state index in [2.05, 4.69) is 10.3 Å². The molecule has 0 aliphatic carbocycles. The van der Waals surface area contributed by atoms with Crippen LogP contribution in [0.5, 0.6) is 5.75 Å². The van der Waals surface area contributed by atoms with Gasteiger partial charge < -0.3 is 9.72 Å². The van der Waals surface area contributed by atoms with Crippen LogP contribution in [-0.2, 0) is 0 Å². The van der Waals surface area contributed by atoms with Gasteiger partial charge in [-0.3, -0.25) is 15.4 Å². The molecule has 0 saturated carbocycles. The number of nitro benzene ring substituents is 1. The van der Waals surface area contributed by atoms with Crippen LogP contribution in [-0.4, -0.2) is 16.0 Å². The van der Waals surface area contributed by atoms with E-state index in [4.69, 9.17) is 10.00 Å². The third kappa shape index (κ3) is 3.25. The number of aryl methyl sites for hydroxylation is 1. The Morgan fingerprint density at radius 3 is 2.64 bits per heavy atom. The molecule has 0 unspecified atom stereocenters. The molecule has 25 heavy (non-hydrogen) atoms. The number of H-pyrrole nitrogens is 1. The van der Waals surface area contributed by atoms with Crippen molar-refractivity contribution in [2.45, 2.75) is 6.92 Å². The van der Waals surface area contributed by atoms with Gasteiger partial charge in [0.2, 0.25) is 0 Å². The number of carbonyl (C=O) groups is 1. The third-order valence-corrected chi connectivity index (χ3v) is 3.58. The summed E-state index contributed by atoms with van der Waals surface area (Å²) in [6.07, 6.45) is -0.736. The highest BCUT2D eigenvalue weighted by Crippen LogP contribution is 2.32. The fourth-order valence-electron chi connectivity index (χ4n) is 2.40. The predicted molar refractivity (Wildman–Crippen MR) is 90.5 cm³/mol. The number of rotatable bonds is 3. The Morgan fingerprint density at radius 1 is 1.28 bits per heavy atom. The number of nitrogens with one attached hydrogen (secondary N) is 2. The zero-order valence-electron chi connectivity index (χ0n) is 13.1. The van der Waals surface area contributed by atoms with Gasteiger partial charge in [-0.25, -0.2) is 4.79 Å². The van der Waals surface area contributed by atoms with Crippen molar-refractivity contribution >= 4 is 28.4 Å². The summed E-state index contributed by atoms with van der Waals surface area (Å²) < 4.78 is 5.32. The van der Waals surface area contributed by atoms with E-state index < -0.39 is 11.0 Å². The lowest BCUT2D eigenvalue weighted by Gasteiger charge is -2.07. The second-order valence-electron chi connectivity index (χ2n) is 5.27. The van der Waals surface area contributed by atoms with E-state index in [9.17, 15) is 14.9 Å². The van der Waals surface area contributed by atoms with E-state index in [0.717, 1.165) is 0 Å². The number of nitriles is 1. The number of anilines is 1. The number of aromatic nitrogens is 1. The monoisotopic (exact) mass is 336 g/mol. The van der Waals surface area contributed by atoms with Crippen molar-refractivity contribution in [3.05, 3.63) is 63.8 Å². The minimum absolute atomic E-state index is 0.0937. The maximum Gasteiger partial charge on any atom is 0.417 e. The Bertz CT molecular complexity index is 1020. The molecule has 1 heterocycles. The van der Waals surface area contributed by atoms with Gasteiger partial charge in [-0.05, 0) is 37.3 Å². The lowest BCUT2D eigenvalue weighted by Crippen LogP contribution is -2.17. The van der Waals surface area contributed by atoms with Gasteiger partial charge in [0, 0.05) is 28.7 Å². The van der Waals surface area contributed by atoms with E-state index in [1.165, 1.54) is 12.1 Å². The topological polar surface area (TPSA) is 121 Å². The van der Waals surface area contributed by atoms with Gasteiger partial charge >= 0.3 is 6.09 Å². The van der Waals surface area contributed by atoms with Crippen molar-refractivity contribution in [1.29, 1.82) is 5.26 Å². The first-order valence-electron chi connectivity index (χ1n) is 7.23. The Kier molecular flexibility index (Phi) is 4.05. The highest BCUT2D eigenvalue weighted by Gasteiger charge is 2.17. The van der Waals surface area contributed by atoms with Crippen molar-refractivity contribution < 1.29 is 14.5 Å². The molecule has 3 rings (SSSR count). The SMILES string of the molecule is Cc1[nH]c2ccc([N+](=O)[O-])cc2c1OC(=O)Nc1ccc(C#N)cc1. The zero-order chi connectivity index (χ0) is 18.0. The lowest BCUT2D eigenvalue weighted by molar-refractivity contribution is -0.384. The number of ether oxygens (including phenoxy) is 1. The van der Waals surface area contributed by atoms with Crippen molar-refractivity contribution in [3.63, 3.8) is 0 Å². The van der Waals surface area contributed by atoms with E-state index in [0.29, 0.717) is 27.8 Å². The van der Waals surface area contributed by atoms with E-state index in [-0.39, 0.29) is 11.4 Å². The zero-order valence-corrected chi connectivity index (χ0v) is 13.1. The van der Waals surface area contributed by atoms with Crippen LogP contribution in [0.2, 0.25) is 0 Å². The number of nitro groups is 1. The summed E-state index contributed by atoms with van der Waals surface area (Å²) >= 11 is 0. The standard InChI is InChI=1S/C17H12N4O4/c1-10-16(14-8-13(21(23)24)6-7-15(14)19-10)25-17(22)20-12-4-2-11(9-18)3-5-12/h2-8,19H,1H3,(H,20,22). The fraction of sp³-hybridized carbons (Fsp3) is 0.0588. The second kappa shape index (κ2) is 6.33. The van der Waals surface area contributed by atoms with Crippen LogP contribution in [0.15, 0.2) is 42.5 Å². The molecule has 0 aliphatic heterocycles. The van der Waals surface area contributed by atoms with E-state index in [1.54, 1.807) is 37.3 Å². The first-order chi connectivity index (χ1) is 12.0. The number of aromatic amines is 1. The van der Waals surface area contributed by atoms with Gasteiger partial charge in [-0.1, -0.05) is 0 Å². The summed E-state index contributed by atoms with van der Waals surface area (Å²) in [5, 5.41) is 22.7. The number of benzene rings is 2. The number of hydrogen-bond acceptors (Lipinski definition) is 5. The van der Waals surface area contributed by atoms with Crippen molar-refractivity contribution in [2.24, 2.45) is 0 Å². The van der Waals surface area contributed by atoms with Crippen LogP contribution >= 0.6 is 0 Å². The largest absolute Gasteiger partial charge is 0.417 e. The molecule has 8 nitrogen and oxygen atoms in total.